The van der Waals surface area contributed by atoms with Gasteiger partial charge in [-0.3, -0.25) is 4.79 Å². The molecule has 110 valence electrons. The highest BCUT2D eigenvalue weighted by Crippen LogP contribution is 2.27. The van der Waals surface area contributed by atoms with Crippen LogP contribution in [0.1, 0.15) is 44.6 Å². The van der Waals surface area contributed by atoms with Gasteiger partial charge in [-0.15, -0.1) is 0 Å². The second-order valence-corrected chi connectivity index (χ2v) is 5.89. The van der Waals surface area contributed by atoms with Crippen LogP contribution in [-0.4, -0.2) is 18.5 Å². The molecule has 1 aliphatic carbocycles. The van der Waals surface area contributed by atoms with E-state index in [1.807, 2.05) is 24.0 Å². The molecule has 2 unspecified atom stereocenters. The summed E-state index contributed by atoms with van der Waals surface area (Å²) in [5, 5.41) is 0. The lowest BCUT2D eigenvalue weighted by molar-refractivity contribution is -0.119. The molecule has 3 heteroatoms. The maximum Gasteiger partial charge on any atom is 0.227 e. The van der Waals surface area contributed by atoms with E-state index in [4.69, 9.17) is 5.73 Å². The van der Waals surface area contributed by atoms with Gasteiger partial charge in [-0.1, -0.05) is 30.5 Å². The Morgan fingerprint density at radius 1 is 1.25 bits per heavy atom. The summed E-state index contributed by atoms with van der Waals surface area (Å²) in [6.07, 6.45) is 5.17. The molecule has 0 aliphatic heterocycles. The van der Waals surface area contributed by atoms with Crippen molar-refractivity contribution in [1.29, 1.82) is 0 Å². The summed E-state index contributed by atoms with van der Waals surface area (Å²) in [4.78, 5) is 14.4. The van der Waals surface area contributed by atoms with Gasteiger partial charge in [-0.25, -0.2) is 0 Å². The predicted octanol–water partition coefficient (Wildman–Crippen LogP) is 3.26. The summed E-state index contributed by atoms with van der Waals surface area (Å²) in [7, 11) is 0. The van der Waals surface area contributed by atoms with Gasteiger partial charge in [-0.05, 0) is 44.7 Å². The number of hydrogen-bond donors (Lipinski definition) is 1. The molecule has 1 saturated carbocycles. The molecule has 1 aromatic rings. The molecule has 2 atom stereocenters. The van der Waals surface area contributed by atoms with Gasteiger partial charge in [0.25, 0.3) is 0 Å². The topological polar surface area (TPSA) is 46.3 Å². The average Bonchev–Trinajstić information content (AvgIpc) is 2.44. The smallest absolute Gasteiger partial charge is 0.227 e. The Kier molecular flexibility index (Phi) is 5.18. The van der Waals surface area contributed by atoms with Gasteiger partial charge in [0.2, 0.25) is 5.91 Å². The molecule has 1 aromatic carbocycles. The fraction of sp³-hybridized carbons (Fsp3) is 0.588. The van der Waals surface area contributed by atoms with Gasteiger partial charge in [0, 0.05) is 24.7 Å². The van der Waals surface area contributed by atoms with E-state index in [1.54, 1.807) is 0 Å². The molecule has 0 heterocycles. The minimum Gasteiger partial charge on any atom is -0.327 e. The van der Waals surface area contributed by atoms with Gasteiger partial charge >= 0.3 is 0 Å². The zero-order valence-electron chi connectivity index (χ0n) is 12.6. The summed E-state index contributed by atoms with van der Waals surface area (Å²) < 4.78 is 0. The molecule has 1 amide bonds. The third-order valence-electron chi connectivity index (χ3n) is 4.37. The first kappa shape index (κ1) is 15.0. The van der Waals surface area contributed by atoms with Crippen molar-refractivity contribution >= 4 is 11.6 Å². The first-order chi connectivity index (χ1) is 9.61. The zero-order chi connectivity index (χ0) is 14.5. The van der Waals surface area contributed by atoms with Crippen molar-refractivity contribution in [1.82, 2.24) is 0 Å². The van der Waals surface area contributed by atoms with Crippen molar-refractivity contribution in [2.75, 3.05) is 11.4 Å². The molecule has 2 N–H and O–H groups in total. The van der Waals surface area contributed by atoms with Crippen molar-refractivity contribution in [2.45, 2.75) is 52.0 Å². The number of aryl methyl sites for hydroxylation is 1. The lowest BCUT2D eigenvalue weighted by Crippen LogP contribution is -2.39. The van der Waals surface area contributed by atoms with Crippen LogP contribution in [0, 0.1) is 12.8 Å². The normalized spacial score (nSPS) is 22.6. The second kappa shape index (κ2) is 6.89. The van der Waals surface area contributed by atoms with E-state index in [1.165, 1.54) is 18.4 Å². The van der Waals surface area contributed by atoms with Crippen LogP contribution >= 0.6 is 0 Å². The fourth-order valence-electron chi connectivity index (χ4n) is 3.05. The second-order valence-electron chi connectivity index (χ2n) is 5.89. The summed E-state index contributed by atoms with van der Waals surface area (Å²) in [5.41, 5.74) is 8.36. The number of benzene rings is 1. The molecule has 20 heavy (non-hydrogen) atoms. The summed E-state index contributed by atoms with van der Waals surface area (Å²) in [6, 6.07) is 8.36. The van der Waals surface area contributed by atoms with Crippen LogP contribution in [0.25, 0.3) is 0 Å². The Labute approximate surface area is 122 Å². The van der Waals surface area contributed by atoms with Crippen molar-refractivity contribution in [3.8, 4) is 0 Å². The number of amides is 1. The number of carbonyl (C=O) groups excluding carboxylic acids is 1. The van der Waals surface area contributed by atoms with Crippen LogP contribution in [-0.2, 0) is 4.79 Å². The van der Waals surface area contributed by atoms with E-state index in [-0.39, 0.29) is 11.9 Å². The monoisotopic (exact) mass is 274 g/mol. The number of hydrogen-bond acceptors (Lipinski definition) is 2. The lowest BCUT2D eigenvalue weighted by atomic mass is 9.82. The lowest BCUT2D eigenvalue weighted by Gasteiger charge is -2.30. The Morgan fingerprint density at radius 3 is 2.50 bits per heavy atom. The molecule has 3 nitrogen and oxygen atoms in total. The highest BCUT2D eigenvalue weighted by Gasteiger charge is 2.26. The van der Waals surface area contributed by atoms with Crippen molar-refractivity contribution in [3.05, 3.63) is 29.8 Å². The van der Waals surface area contributed by atoms with Crippen molar-refractivity contribution in [3.63, 3.8) is 0 Å². The molecule has 0 bridgehead atoms. The average molecular weight is 274 g/mol. The SMILES string of the molecule is CCN(C(=O)CC1CCCCC1N)c1ccc(C)cc1. The summed E-state index contributed by atoms with van der Waals surface area (Å²) in [6.45, 7) is 4.80. The quantitative estimate of drug-likeness (QED) is 0.916. The third kappa shape index (κ3) is 3.60. The number of nitrogens with zero attached hydrogens (tertiary/aromatic N) is 1. The van der Waals surface area contributed by atoms with Gasteiger partial charge in [-0.2, -0.15) is 0 Å². The first-order valence-electron chi connectivity index (χ1n) is 7.74. The highest BCUT2D eigenvalue weighted by molar-refractivity contribution is 5.93. The van der Waals surface area contributed by atoms with E-state index in [2.05, 4.69) is 19.1 Å². The third-order valence-corrected chi connectivity index (χ3v) is 4.37. The van der Waals surface area contributed by atoms with Gasteiger partial charge < -0.3 is 10.6 Å². The Morgan fingerprint density at radius 2 is 1.90 bits per heavy atom. The van der Waals surface area contributed by atoms with Crippen LogP contribution in [0.5, 0.6) is 0 Å². The standard InChI is InChI=1S/C17H26N2O/c1-3-19(15-10-8-13(2)9-11-15)17(20)12-14-6-4-5-7-16(14)18/h8-11,14,16H,3-7,12,18H2,1-2H3. The molecule has 0 saturated heterocycles. The van der Waals surface area contributed by atoms with Crippen LogP contribution in [0.2, 0.25) is 0 Å². The highest BCUT2D eigenvalue weighted by atomic mass is 16.2. The van der Waals surface area contributed by atoms with E-state index in [0.29, 0.717) is 18.9 Å². The molecule has 0 aromatic heterocycles. The van der Waals surface area contributed by atoms with Crippen LogP contribution in [0.3, 0.4) is 0 Å². The largest absolute Gasteiger partial charge is 0.327 e. The molecular formula is C17H26N2O. The minimum absolute atomic E-state index is 0.199. The minimum atomic E-state index is 0.199. The molecule has 2 rings (SSSR count). The maximum atomic E-state index is 12.5. The summed E-state index contributed by atoms with van der Waals surface area (Å²) >= 11 is 0. The van der Waals surface area contributed by atoms with E-state index >= 15 is 0 Å². The fourth-order valence-corrected chi connectivity index (χ4v) is 3.05. The first-order valence-corrected chi connectivity index (χ1v) is 7.74. The number of anilines is 1. The summed E-state index contributed by atoms with van der Waals surface area (Å²) in [5.74, 6) is 0.564. The van der Waals surface area contributed by atoms with Crippen molar-refractivity contribution < 1.29 is 4.79 Å². The molecule has 0 spiro atoms. The maximum absolute atomic E-state index is 12.5. The van der Waals surface area contributed by atoms with Crippen LogP contribution < -0.4 is 10.6 Å². The Balaban J connectivity index is 2.03. The van der Waals surface area contributed by atoms with Gasteiger partial charge in [0.1, 0.15) is 0 Å². The number of nitrogens with two attached hydrogens (primary N) is 1. The van der Waals surface area contributed by atoms with Crippen LogP contribution in [0.15, 0.2) is 24.3 Å². The Hall–Kier alpha value is -1.35. The molecule has 0 radical (unpaired) electrons. The van der Waals surface area contributed by atoms with E-state index in [9.17, 15) is 4.79 Å². The molecule has 1 aliphatic rings. The van der Waals surface area contributed by atoms with Gasteiger partial charge in [0.05, 0.1) is 0 Å². The number of rotatable bonds is 4. The Bertz CT molecular complexity index is 441. The predicted molar refractivity (Wildman–Crippen MR) is 83.8 cm³/mol. The van der Waals surface area contributed by atoms with E-state index in [0.717, 1.165) is 18.5 Å². The molecular weight excluding hydrogens is 248 g/mol. The molecule has 1 fully saturated rings. The van der Waals surface area contributed by atoms with Crippen LogP contribution in [0.4, 0.5) is 5.69 Å². The van der Waals surface area contributed by atoms with Crippen molar-refractivity contribution in [2.24, 2.45) is 11.7 Å². The van der Waals surface area contributed by atoms with E-state index < -0.39 is 0 Å². The van der Waals surface area contributed by atoms with Gasteiger partial charge in [0.15, 0.2) is 0 Å². The number of carbonyl (C=O) groups is 1. The zero-order valence-corrected chi connectivity index (χ0v) is 12.6.